The highest BCUT2D eigenvalue weighted by atomic mass is 32.2. The Kier molecular flexibility index (Phi) is 4.11. The average Bonchev–Trinajstić information content (AvgIpc) is 2.65. The molecule has 6 nitrogen and oxygen atoms in total. The van der Waals surface area contributed by atoms with Crippen LogP contribution in [0.15, 0.2) is 41.3 Å². The number of carbonyl (C=O) groups excluding carboxylic acids is 1. The summed E-state index contributed by atoms with van der Waals surface area (Å²) in [5.74, 6) is 0.793. The van der Waals surface area contributed by atoms with E-state index in [0.29, 0.717) is 24.3 Å². The van der Waals surface area contributed by atoms with Gasteiger partial charge in [0.15, 0.2) is 0 Å². The van der Waals surface area contributed by atoms with Crippen molar-refractivity contribution in [3.8, 4) is 5.75 Å². The van der Waals surface area contributed by atoms with Crippen molar-refractivity contribution in [2.45, 2.75) is 30.6 Å². The summed E-state index contributed by atoms with van der Waals surface area (Å²) in [6.45, 7) is 0.717. The fourth-order valence-electron chi connectivity index (χ4n) is 3.65. The van der Waals surface area contributed by atoms with Gasteiger partial charge in [0.2, 0.25) is 5.91 Å². The van der Waals surface area contributed by atoms with Gasteiger partial charge >= 0.3 is 0 Å². The Balaban J connectivity index is 1.70. The number of methoxy groups -OCH3 is 1. The fourth-order valence-corrected chi connectivity index (χ4v) is 4.81. The summed E-state index contributed by atoms with van der Waals surface area (Å²) >= 11 is 0. The first-order valence-electron chi connectivity index (χ1n) is 8.61. The van der Waals surface area contributed by atoms with E-state index in [1.54, 1.807) is 43.5 Å². The van der Waals surface area contributed by atoms with Gasteiger partial charge in [0.05, 0.1) is 17.7 Å². The van der Waals surface area contributed by atoms with E-state index in [1.807, 2.05) is 4.90 Å². The van der Waals surface area contributed by atoms with Crippen LogP contribution in [0.3, 0.4) is 0 Å². The molecular weight excluding hydrogens is 352 g/mol. The van der Waals surface area contributed by atoms with Gasteiger partial charge in [-0.05, 0) is 66.8 Å². The Morgan fingerprint density at radius 3 is 2.42 bits per heavy atom. The number of amides is 1. The van der Waals surface area contributed by atoms with Crippen LogP contribution in [-0.2, 0) is 27.7 Å². The van der Waals surface area contributed by atoms with Gasteiger partial charge in [-0.15, -0.1) is 0 Å². The molecule has 26 heavy (non-hydrogen) atoms. The van der Waals surface area contributed by atoms with Crippen molar-refractivity contribution < 1.29 is 17.9 Å². The van der Waals surface area contributed by atoms with Crippen LogP contribution in [-0.4, -0.2) is 28.0 Å². The molecule has 2 aromatic rings. The minimum Gasteiger partial charge on any atom is -0.497 e. The number of benzene rings is 2. The second kappa shape index (κ2) is 6.32. The zero-order valence-corrected chi connectivity index (χ0v) is 15.3. The number of carbonyl (C=O) groups is 1. The van der Waals surface area contributed by atoms with Crippen LogP contribution in [0.2, 0.25) is 0 Å². The number of aryl methyl sites for hydroxylation is 2. The molecule has 2 aliphatic rings. The first-order chi connectivity index (χ1) is 12.5. The van der Waals surface area contributed by atoms with E-state index in [4.69, 9.17) is 4.74 Å². The Morgan fingerprint density at radius 1 is 1.04 bits per heavy atom. The summed E-state index contributed by atoms with van der Waals surface area (Å²) in [4.78, 5) is 14.2. The number of nitrogens with zero attached hydrogens (tertiary/aromatic N) is 1. The third-order valence-electron chi connectivity index (χ3n) is 4.90. The van der Waals surface area contributed by atoms with Crippen LogP contribution in [0.1, 0.15) is 24.0 Å². The van der Waals surface area contributed by atoms with Crippen LogP contribution in [0, 0.1) is 0 Å². The molecule has 0 fully saturated rings. The van der Waals surface area contributed by atoms with Crippen LogP contribution >= 0.6 is 0 Å². The number of rotatable bonds is 4. The number of nitrogens with one attached hydrogen (secondary N) is 1. The van der Waals surface area contributed by atoms with Crippen molar-refractivity contribution in [1.82, 2.24) is 0 Å². The molecule has 0 aliphatic carbocycles. The Hall–Kier alpha value is -2.54. The number of sulfonamides is 1. The summed E-state index contributed by atoms with van der Waals surface area (Å²) in [5.41, 5.74) is 3.29. The summed E-state index contributed by atoms with van der Waals surface area (Å²) in [5, 5.41) is 0. The summed E-state index contributed by atoms with van der Waals surface area (Å²) in [6, 6.07) is 10.2. The minimum atomic E-state index is -3.70. The lowest BCUT2D eigenvalue weighted by molar-refractivity contribution is -0.119. The first-order valence-corrected chi connectivity index (χ1v) is 10.1. The molecule has 1 N–H and O–H groups in total. The van der Waals surface area contributed by atoms with Crippen molar-refractivity contribution >= 4 is 27.3 Å². The van der Waals surface area contributed by atoms with E-state index >= 15 is 0 Å². The fraction of sp³-hybridized carbons (Fsp3) is 0.316. The lowest BCUT2D eigenvalue weighted by Crippen LogP contribution is -2.39. The van der Waals surface area contributed by atoms with E-state index in [9.17, 15) is 13.2 Å². The molecule has 0 unspecified atom stereocenters. The Labute approximate surface area is 152 Å². The SMILES string of the molecule is COc1ccc(NS(=O)(=O)c2cc3c4c(c2)CCC(=O)N4CCC3)cc1. The van der Waals surface area contributed by atoms with Crippen LogP contribution in [0.5, 0.6) is 5.75 Å². The molecule has 0 radical (unpaired) electrons. The van der Waals surface area contributed by atoms with Gasteiger partial charge in [-0.3, -0.25) is 9.52 Å². The average molecular weight is 372 g/mol. The first kappa shape index (κ1) is 16.9. The van der Waals surface area contributed by atoms with Gasteiger partial charge in [0.25, 0.3) is 10.0 Å². The molecule has 7 heteroatoms. The van der Waals surface area contributed by atoms with Crippen molar-refractivity contribution in [2.75, 3.05) is 23.3 Å². The summed E-state index contributed by atoms with van der Waals surface area (Å²) in [6.07, 6.45) is 2.66. The summed E-state index contributed by atoms with van der Waals surface area (Å²) < 4.78 is 33.4. The van der Waals surface area contributed by atoms with Crippen LogP contribution in [0.25, 0.3) is 0 Å². The Morgan fingerprint density at radius 2 is 1.73 bits per heavy atom. The second-order valence-corrected chi connectivity index (χ2v) is 8.26. The molecule has 4 rings (SSSR count). The molecule has 0 aromatic heterocycles. The van der Waals surface area contributed by atoms with Crippen LogP contribution < -0.4 is 14.4 Å². The maximum atomic E-state index is 12.9. The smallest absolute Gasteiger partial charge is 0.261 e. The highest BCUT2D eigenvalue weighted by molar-refractivity contribution is 7.92. The standard InChI is InChI=1S/C19H20N2O4S/c1-25-16-7-5-15(6-8-16)20-26(23,24)17-11-13-3-2-10-21-18(22)9-4-14(12-17)19(13)21/h5-8,11-12,20H,2-4,9-10H2,1H3. The lowest BCUT2D eigenvalue weighted by Gasteiger charge is -2.35. The monoisotopic (exact) mass is 372 g/mol. The van der Waals surface area contributed by atoms with E-state index in [-0.39, 0.29) is 10.8 Å². The minimum absolute atomic E-state index is 0.130. The van der Waals surface area contributed by atoms with Crippen molar-refractivity contribution in [2.24, 2.45) is 0 Å². The van der Waals surface area contributed by atoms with Crippen molar-refractivity contribution in [1.29, 1.82) is 0 Å². The normalized spacial score (nSPS) is 16.2. The predicted octanol–water partition coefficient (Wildman–Crippen LogP) is 2.72. The zero-order valence-electron chi connectivity index (χ0n) is 14.5. The zero-order chi connectivity index (χ0) is 18.3. The number of ether oxygens (including phenoxy) is 1. The molecule has 0 saturated carbocycles. The van der Waals surface area contributed by atoms with Gasteiger partial charge in [0.1, 0.15) is 5.75 Å². The maximum absolute atomic E-state index is 12.9. The molecular formula is C19H20N2O4S. The van der Waals surface area contributed by atoms with E-state index in [1.165, 1.54) is 0 Å². The van der Waals surface area contributed by atoms with Gasteiger partial charge in [-0.2, -0.15) is 0 Å². The lowest BCUT2D eigenvalue weighted by atomic mass is 9.92. The second-order valence-electron chi connectivity index (χ2n) is 6.57. The van der Waals surface area contributed by atoms with Gasteiger partial charge in [-0.25, -0.2) is 8.42 Å². The number of hydrogen-bond donors (Lipinski definition) is 1. The predicted molar refractivity (Wildman–Crippen MR) is 99.2 cm³/mol. The molecule has 0 saturated heterocycles. The maximum Gasteiger partial charge on any atom is 0.261 e. The summed E-state index contributed by atoms with van der Waals surface area (Å²) in [7, 11) is -2.14. The Bertz CT molecular complexity index is 951. The number of hydrogen-bond acceptors (Lipinski definition) is 4. The quantitative estimate of drug-likeness (QED) is 0.895. The third-order valence-corrected chi connectivity index (χ3v) is 6.26. The van der Waals surface area contributed by atoms with Crippen molar-refractivity contribution in [3.05, 3.63) is 47.5 Å². The highest BCUT2D eigenvalue weighted by Gasteiger charge is 2.31. The molecule has 0 spiro atoms. The number of anilines is 2. The van der Waals surface area contributed by atoms with E-state index in [2.05, 4.69) is 4.72 Å². The molecule has 2 heterocycles. The molecule has 0 atom stereocenters. The molecule has 136 valence electrons. The van der Waals surface area contributed by atoms with E-state index in [0.717, 1.165) is 36.2 Å². The highest BCUT2D eigenvalue weighted by Crippen LogP contribution is 2.37. The van der Waals surface area contributed by atoms with Gasteiger partial charge in [-0.1, -0.05) is 0 Å². The van der Waals surface area contributed by atoms with Crippen LogP contribution in [0.4, 0.5) is 11.4 Å². The van der Waals surface area contributed by atoms with E-state index < -0.39 is 10.0 Å². The van der Waals surface area contributed by atoms with Gasteiger partial charge in [0, 0.05) is 18.7 Å². The molecule has 1 amide bonds. The molecule has 0 bridgehead atoms. The molecule has 2 aliphatic heterocycles. The topological polar surface area (TPSA) is 75.7 Å². The van der Waals surface area contributed by atoms with Gasteiger partial charge < -0.3 is 9.64 Å². The molecule has 2 aromatic carbocycles. The van der Waals surface area contributed by atoms with Crippen molar-refractivity contribution in [3.63, 3.8) is 0 Å². The third kappa shape index (κ3) is 2.92. The largest absolute Gasteiger partial charge is 0.497 e.